The summed E-state index contributed by atoms with van der Waals surface area (Å²) < 4.78 is 82.8. The monoisotopic (exact) mass is 558 g/mol. The summed E-state index contributed by atoms with van der Waals surface area (Å²) >= 11 is 0. The molecule has 5 rings (SSSR count). The molecule has 0 radical (unpaired) electrons. The molecule has 206 valence electrons. The van der Waals surface area contributed by atoms with Crippen LogP contribution in [0.2, 0.25) is 0 Å². The molecule has 1 N–H and O–H groups in total. The smallest absolute Gasteiger partial charge is 0.319 e. The van der Waals surface area contributed by atoms with Crippen LogP contribution in [0.15, 0.2) is 60.8 Å². The van der Waals surface area contributed by atoms with Gasteiger partial charge in [0.1, 0.15) is 17.1 Å². The molecule has 13 heteroatoms. The number of hydrogen-bond acceptors (Lipinski definition) is 4. The molecule has 0 aliphatic rings. The fourth-order valence-electron chi connectivity index (χ4n) is 4.30. The summed E-state index contributed by atoms with van der Waals surface area (Å²) in [5.41, 5.74) is 0.443. The van der Waals surface area contributed by atoms with Crippen molar-refractivity contribution in [2.45, 2.75) is 33.0 Å². The SMILES string of the molecule is Cc1nn(Cc2cccc(C(F)(F)F)c2)c(C)c1NC(=O)c1cnn2c(C(F)F)cc(-c3ccc(F)cc3)nc12. The van der Waals surface area contributed by atoms with E-state index >= 15 is 0 Å². The summed E-state index contributed by atoms with van der Waals surface area (Å²) in [7, 11) is 0. The predicted molar refractivity (Wildman–Crippen MR) is 134 cm³/mol. The summed E-state index contributed by atoms with van der Waals surface area (Å²) in [4.78, 5) is 17.6. The third-order valence-corrected chi connectivity index (χ3v) is 6.31. The Morgan fingerprint density at radius 2 is 1.77 bits per heavy atom. The van der Waals surface area contributed by atoms with E-state index in [-0.39, 0.29) is 23.4 Å². The number of carbonyl (C=O) groups excluding carboxylic acids is 1. The summed E-state index contributed by atoms with van der Waals surface area (Å²) in [6.07, 6.45) is -6.33. The zero-order valence-corrected chi connectivity index (χ0v) is 21.0. The van der Waals surface area contributed by atoms with Gasteiger partial charge in [0.25, 0.3) is 12.3 Å². The first-order valence-electron chi connectivity index (χ1n) is 11.9. The van der Waals surface area contributed by atoms with E-state index in [1.807, 2.05) is 0 Å². The Hall–Kier alpha value is -4.68. The molecule has 0 aliphatic heterocycles. The molecule has 0 bridgehead atoms. The third kappa shape index (κ3) is 5.14. The van der Waals surface area contributed by atoms with E-state index in [2.05, 4.69) is 20.5 Å². The van der Waals surface area contributed by atoms with Gasteiger partial charge < -0.3 is 5.32 Å². The van der Waals surface area contributed by atoms with Crippen LogP contribution in [0.1, 0.15) is 45.0 Å². The lowest BCUT2D eigenvalue weighted by molar-refractivity contribution is -0.137. The molecule has 0 saturated heterocycles. The third-order valence-electron chi connectivity index (χ3n) is 6.31. The standard InChI is InChI=1S/C27H20F6N6O/c1-14-23(15(2)38(37-14)13-16-4-3-5-18(10-16)27(31,32)33)36-26(40)20-12-34-39-22(24(29)30)11-21(35-25(20)39)17-6-8-19(28)9-7-17/h3-12,24H,13H2,1-2H3,(H,36,40). The van der Waals surface area contributed by atoms with E-state index in [9.17, 15) is 31.1 Å². The lowest BCUT2D eigenvalue weighted by atomic mass is 10.1. The number of nitrogens with one attached hydrogen (secondary N) is 1. The van der Waals surface area contributed by atoms with Crippen LogP contribution in [-0.4, -0.2) is 30.3 Å². The number of nitrogens with zero attached hydrogens (tertiary/aromatic N) is 5. The van der Waals surface area contributed by atoms with Gasteiger partial charge in [-0.3, -0.25) is 9.48 Å². The molecule has 40 heavy (non-hydrogen) atoms. The zero-order valence-electron chi connectivity index (χ0n) is 21.0. The predicted octanol–water partition coefficient (Wildman–Crippen LogP) is 6.61. The van der Waals surface area contributed by atoms with Gasteiger partial charge in [-0.15, -0.1) is 0 Å². The van der Waals surface area contributed by atoms with Crippen molar-refractivity contribution in [3.8, 4) is 11.3 Å². The highest BCUT2D eigenvalue weighted by Gasteiger charge is 2.30. The number of halogens is 6. The van der Waals surface area contributed by atoms with Gasteiger partial charge in [-0.2, -0.15) is 23.4 Å². The molecule has 5 aromatic rings. The molecule has 3 heterocycles. The van der Waals surface area contributed by atoms with Gasteiger partial charge in [-0.05, 0) is 61.9 Å². The number of amides is 1. The number of rotatable bonds is 6. The van der Waals surface area contributed by atoms with Gasteiger partial charge in [-0.25, -0.2) is 22.7 Å². The highest BCUT2D eigenvalue weighted by molar-refractivity contribution is 6.08. The lowest BCUT2D eigenvalue weighted by Crippen LogP contribution is -2.14. The average molecular weight is 558 g/mol. The molecule has 0 aliphatic carbocycles. The van der Waals surface area contributed by atoms with Crippen molar-refractivity contribution < 1.29 is 31.1 Å². The Morgan fingerprint density at radius 3 is 2.45 bits per heavy atom. The van der Waals surface area contributed by atoms with Crippen LogP contribution in [0.5, 0.6) is 0 Å². The first kappa shape index (κ1) is 26.9. The number of aryl methyl sites for hydroxylation is 1. The van der Waals surface area contributed by atoms with Crippen molar-refractivity contribution in [3.63, 3.8) is 0 Å². The fourth-order valence-corrected chi connectivity index (χ4v) is 4.30. The number of alkyl halides is 5. The van der Waals surface area contributed by atoms with Gasteiger partial charge in [0.05, 0.1) is 41.1 Å². The van der Waals surface area contributed by atoms with Crippen molar-refractivity contribution in [2.24, 2.45) is 0 Å². The van der Waals surface area contributed by atoms with E-state index in [0.717, 1.165) is 41.0 Å². The second-order valence-corrected chi connectivity index (χ2v) is 9.02. The summed E-state index contributed by atoms with van der Waals surface area (Å²) in [5.74, 6) is -1.22. The van der Waals surface area contributed by atoms with Crippen molar-refractivity contribution >= 4 is 17.2 Å². The van der Waals surface area contributed by atoms with Crippen LogP contribution >= 0.6 is 0 Å². The van der Waals surface area contributed by atoms with Crippen molar-refractivity contribution in [1.82, 2.24) is 24.4 Å². The molecule has 1 amide bonds. The van der Waals surface area contributed by atoms with Gasteiger partial charge in [0.15, 0.2) is 5.65 Å². The molecule has 0 unspecified atom stereocenters. The summed E-state index contributed by atoms with van der Waals surface area (Å²) in [5, 5.41) is 11.0. The highest BCUT2D eigenvalue weighted by Crippen LogP contribution is 2.31. The maximum atomic E-state index is 13.9. The lowest BCUT2D eigenvalue weighted by Gasteiger charge is -2.10. The molecule has 7 nitrogen and oxygen atoms in total. The summed E-state index contributed by atoms with van der Waals surface area (Å²) in [6.45, 7) is 3.27. The minimum atomic E-state index is -4.49. The highest BCUT2D eigenvalue weighted by atomic mass is 19.4. The van der Waals surface area contributed by atoms with Gasteiger partial charge in [0, 0.05) is 5.56 Å². The van der Waals surface area contributed by atoms with Crippen LogP contribution < -0.4 is 5.32 Å². The molecular weight excluding hydrogens is 538 g/mol. The number of anilines is 1. The van der Waals surface area contributed by atoms with Crippen LogP contribution in [0.25, 0.3) is 16.9 Å². The Bertz CT molecular complexity index is 1720. The second-order valence-electron chi connectivity index (χ2n) is 9.02. The van der Waals surface area contributed by atoms with Crippen LogP contribution in [0.3, 0.4) is 0 Å². The van der Waals surface area contributed by atoms with E-state index in [1.165, 1.54) is 28.9 Å². The molecule has 3 aromatic heterocycles. The maximum absolute atomic E-state index is 13.9. The first-order chi connectivity index (χ1) is 18.9. The summed E-state index contributed by atoms with van der Waals surface area (Å²) in [6, 6.07) is 11.0. The topological polar surface area (TPSA) is 77.1 Å². The molecule has 2 aromatic carbocycles. The van der Waals surface area contributed by atoms with Gasteiger partial charge in [-0.1, -0.05) is 12.1 Å². The van der Waals surface area contributed by atoms with Crippen LogP contribution in [0, 0.1) is 19.7 Å². The number of carbonyl (C=O) groups is 1. The number of fused-ring (bicyclic) bond motifs is 1. The van der Waals surface area contributed by atoms with E-state index in [0.29, 0.717) is 28.2 Å². The average Bonchev–Trinajstić information content (AvgIpc) is 3.44. The van der Waals surface area contributed by atoms with Crippen LogP contribution in [0.4, 0.5) is 32.0 Å². The quantitative estimate of drug-likeness (QED) is 0.238. The molecule has 0 spiro atoms. The molecule has 0 saturated carbocycles. The number of hydrogen-bond donors (Lipinski definition) is 1. The minimum Gasteiger partial charge on any atom is -0.319 e. The Morgan fingerprint density at radius 1 is 1.05 bits per heavy atom. The Balaban J connectivity index is 1.47. The van der Waals surface area contributed by atoms with Gasteiger partial charge in [0.2, 0.25) is 0 Å². The number of benzene rings is 2. The first-order valence-corrected chi connectivity index (χ1v) is 11.9. The maximum Gasteiger partial charge on any atom is 0.416 e. The molecular formula is C27H20F6N6O. The zero-order chi connectivity index (χ0) is 28.8. The van der Waals surface area contributed by atoms with Crippen LogP contribution in [-0.2, 0) is 12.7 Å². The number of aromatic nitrogens is 5. The minimum absolute atomic E-state index is 0.0174. The fraction of sp³-hybridized carbons (Fsp3) is 0.185. The van der Waals surface area contributed by atoms with E-state index < -0.39 is 35.6 Å². The molecule has 0 fully saturated rings. The van der Waals surface area contributed by atoms with E-state index in [4.69, 9.17) is 0 Å². The Kier molecular flexibility index (Phi) is 6.82. The van der Waals surface area contributed by atoms with Crippen molar-refractivity contribution in [1.29, 1.82) is 0 Å². The Labute approximate surface area is 223 Å². The second kappa shape index (κ2) is 10.1. The van der Waals surface area contributed by atoms with E-state index in [1.54, 1.807) is 13.8 Å². The normalized spacial score (nSPS) is 11.9. The largest absolute Gasteiger partial charge is 0.416 e. The van der Waals surface area contributed by atoms with Crippen molar-refractivity contribution in [3.05, 3.63) is 100 Å². The molecule has 0 atom stereocenters. The van der Waals surface area contributed by atoms with Crippen molar-refractivity contribution in [2.75, 3.05) is 5.32 Å². The van der Waals surface area contributed by atoms with Gasteiger partial charge >= 0.3 is 6.18 Å².